The Morgan fingerprint density at radius 1 is 1.09 bits per heavy atom. The Balaban J connectivity index is 0.00000220. The Morgan fingerprint density at radius 3 is 1.95 bits per heavy atom. The van der Waals surface area contributed by atoms with Gasteiger partial charge in [-0.2, -0.15) is 13.2 Å². The summed E-state index contributed by atoms with van der Waals surface area (Å²) in [7, 11) is 0. The van der Waals surface area contributed by atoms with Crippen LogP contribution in [0.3, 0.4) is 0 Å². The molecule has 2 fully saturated rings. The predicted octanol–water partition coefficient (Wildman–Crippen LogP) is 2.20. The van der Waals surface area contributed by atoms with Crippen LogP contribution in [-0.4, -0.2) is 59.6 Å². The quantitative estimate of drug-likeness (QED) is 0.815. The fraction of sp³-hybridized carbons (Fsp3) is 0.923. The zero-order chi connectivity index (χ0) is 15.0. The van der Waals surface area contributed by atoms with Crippen LogP contribution in [0.15, 0.2) is 0 Å². The topological polar surface area (TPSA) is 49.6 Å². The lowest BCUT2D eigenvalue weighted by atomic mass is 9.96. The van der Waals surface area contributed by atoms with Crippen LogP contribution in [0.25, 0.3) is 0 Å². The highest BCUT2D eigenvalue weighted by molar-refractivity contribution is 5.86. The van der Waals surface area contributed by atoms with E-state index in [1.54, 1.807) is 4.90 Å². The van der Waals surface area contributed by atoms with E-state index in [2.05, 4.69) is 0 Å². The molecule has 0 aromatic heterocycles. The molecule has 0 bridgehead atoms. The summed E-state index contributed by atoms with van der Waals surface area (Å²) in [6.07, 6.45) is -0.941. The van der Waals surface area contributed by atoms with Gasteiger partial charge in [-0.05, 0) is 19.8 Å². The molecule has 1 saturated heterocycles. The third-order valence-electron chi connectivity index (χ3n) is 4.54. The van der Waals surface area contributed by atoms with Gasteiger partial charge in [0.25, 0.3) is 0 Å². The molecular formula is C13H24Cl2F3N3O. The predicted molar refractivity (Wildman–Crippen MR) is 83.6 cm³/mol. The van der Waals surface area contributed by atoms with Crippen LogP contribution < -0.4 is 5.73 Å². The molecule has 1 heterocycles. The minimum Gasteiger partial charge on any atom is -0.339 e. The van der Waals surface area contributed by atoms with Crippen LogP contribution in [0.1, 0.15) is 32.6 Å². The van der Waals surface area contributed by atoms with Gasteiger partial charge in [-0.1, -0.05) is 12.8 Å². The van der Waals surface area contributed by atoms with Crippen LogP contribution in [0.4, 0.5) is 13.2 Å². The third-order valence-corrected chi connectivity index (χ3v) is 4.54. The van der Waals surface area contributed by atoms with E-state index in [9.17, 15) is 18.0 Å². The number of piperazine rings is 1. The van der Waals surface area contributed by atoms with Crippen LogP contribution in [-0.2, 0) is 4.79 Å². The van der Waals surface area contributed by atoms with Gasteiger partial charge in [-0.25, -0.2) is 0 Å². The van der Waals surface area contributed by atoms with Crippen molar-refractivity contribution >= 4 is 30.7 Å². The third kappa shape index (κ3) is 4.63. The summed E-state index contributed by atoms with van der Waals surface area (Å²) in [6.45, 7) is 2.33. The second-order valence-electron chi connectivity index (χ2n) is 5.91. The van der Waals surface area contributed by atoms with Gasteiger partial charge in [0.05, 0.1) is 5.54 Å². The van der Waals surface area contributed by atoms with Crippen molar-refractivity contribution in [3.05, 3.63) is 0 Å². The minimum absolute atomic E-state index is 0. The van der Waals surface area contributed by atoms with Crippen molar-refractivity contribution in [3.8, 4) is 0 Å². The fourth-order valence-electron chi connectivity index (χ4n) is 3.05. The molecule has 1 saturated carbocycles. The van der Waals surface area contributed by atoms with Gasteiger partial charge < -0.3 is 10.6 Å². The molecular weight excluding hydrogens is 342 g/mol. The summed E-state index contributed by atoms with van der Waals surface area (Å²) in [5, 5.41) is 0. The maximum atomic E-state index is 12.7. The fourth-order valence-corrected chi connectivity index (χ4v) is 3.05. The van der Waals surface area contributed by atoms with Crippen LogP contribution in [0, 0.1) is 0 Å². The molecule has 132 valence electrons. The standard InChI is InChI=1S/C13H22F3N3O.2ClH/c1-10(13(14,15)16)18-6-8-19(9-7-18)11(20)12(17)4-2-3-5-12;;/h10H,2-9,17H2,1H3;2*1H. The molecule has 0 spiro atoms. The molecule has 1 atom stereocenters. The van der Waals surface area contributed by atoms with E-state index in [0.717, 1.165) is 12.8 Å². The van der Waals surface area contributed by atoms with Gasteiger partial charge >= 0.3 is 6.18 Å². The first-order valence-corrected chi connectivity index (χ1v) is 7.13. The number of carbonyl (C=O) groups excluding carboxylic acids is 1. The average Bonchev–Trinajstić information content (AvgIpc) is 2.84. The van der Waals surface area contributed by atoms with E-state index in [1.807, 2.05) is 0 Å². The highest BCUT2D eigenvalue weighted by atomic mass is 35.5. The van der Waals surface area contributed by atoms with Gasteiger partial charge in [-0.3, -0.25) is 9.69 Å². The lowest BCUT2D eigenvalue weighted by molar-refractivity contribution is -0.183. The number of nitrogens with zero attached hydrogens (tertiary/aromatic N) is 2. The Kier molecular flexibility index (Phi) is 7.95. The number of carbonyl (C=O) groups is 1. The molecule has 2 N–H and O–H groups in total. The summed E-state index contributed by atoms with van der Waals surface area (Å²) < 4.78 is 38.0. The lowest BCUT2D eigenvalue weighted by Gasteiger charge is -2.40. The highest BCUT2D eigenvalue weighted by Crippen LogP contribution is 2.30. The number of halogens is 5. The van der Waals surface area contributed by atoms with Crippen LogP contribution in [0.5, 0.6) is 0 Å². The monoisotopic (exact) mass is 365 g/mol. The van der Waals surface area contributed by atoms with Crippen molar-refractivity contribution < 1.29 is 18.0 Å². The number of hydrogen-bond acceptors (Lipinski definition) is 3. The number of rotatable bonds is 2. The van der Waals surface area contributed by atoms with Crippen molar-refractivity contribution in [1.29, 1.82) is 0 Å². The van der Waals surface area contributed by atoms with Gasteiger partial charge in [0.2, 0.25) is 5.91 Å². The van der Waals surface area contributed by atoms with Crippen LogP contribution in [0.2, 0.25) is 0 Å². The number of amides is 1. The summed E-state index contributed by atoms with van der Waals surface area (Å²) in [5.41, 5.74) is 5.33. The normalized spacial score (nSPS) is 23.4. The summed E-state index contributed by atoms with van der Waals surface area (Å²) in [6, 6.07) is -1.46. The molecule has 0 radical (unpaired) electrons. The first-order valence-electron chi connectivity index (χ1n) is 7.13. The maximum Gasteiger partial charge on any atom is 0.403 e. The van der Waals surface area contributed by atoms with Gasteiger partial charge in [0.1, 0.15) is 6.04 Å². The first kappa shape index (κ1) is 21.8. The molecule has 2 rings (SSSR count). The Morgan fingerprint density at radius 2 is 1.55 bits per heavy atom. The molecule has 1 aliphatic heterocycles. The van der Waals surface area contributed by atoms with E-state index >= 15 is 0 Å². The maximum absolute atomic E-state index is 12.7. The zero-order valence-corrected chi connectivity index (χ0v) is 14.2. The van der Waals surface area contributed by atoms with Gasteiger partial charge in [-0.15, -0.1) is 24.8 Å². The molecule has 4 nitrogen and oxygen atoms in total. The van der Waals surface area contributed by atoms with E-state index in [0.29, 0.717) is 25.9 Å². The Hall–Kier alpha value is -0.240. The number of alkyl halides is 3. The van der Waals surface area contributed by atoms with Gasteiger partial charge in [0.15, 0.2) is 0 Å². The van der Waals surface area contributed by atoms with Crippen LogP contribution >= 0.6 is 24.8 Å². The number of nitrogens with two attached hydrogens (primary N) is 1. The first-order chi connectivity index (χ1) is 9.24. The molecule has 2 aliphatic rings. The van der Waals surface area contributed by atoms with Crippen molar-refractivity contribution in [3.63, 3.8) is 0 Å². The Labute approximate surface area is 141 Å². The Bertz CT molecular complexity index is 368. The van der Waals surface area contributed by atoms with Gasteiger partial charge in [0, 0.05) is 26.2 Å². The van der Waals surface area contributed by atoms with Crippen molar-refractivity contribution in [2.24, 2.45) is 5.73 Å². The largest absolute Gasteiger partial charge is 0.403 e. The van der Waals surface area contributed by atoms with E-state index < -0.39 is 17.8 Å². The van der Waals surface area contributed by atoms with E-state index in [1.165, 1.54) is 11.8 Å². The molecule has 0 aromatic rings. The molecule has 1 amide bonds. The van der Waals surface area contributed by atoms with Crippen molar-refractivity contribution in [2.45, 2.75) is 50.4 Å². The molecule has 1 unspecified atom stereocenters. The SMILES string of the molecule is CC(N1CCN(C(=O)C2(N)CCCC2)CC1)C(F)(F)F.Cl.Cl. The highest BCUT2D eigenvalue weighted by Gasteiger charge is 2.44. The molecule has 22 heavy (non-hydrogen) atoms. The average molecular weight is 366 g/mol. The number of hydrogen-bond donors (Lipinski definition) is 1. The summed E-state index contributed by atoms with van der Waals surface area (Å²) in [5.74, 6) is -0.0886. The lowest BCUT2D eigenvalue weighted by Crippen LogP contribution is -2.60. The second kappa shape index (κ2) is 8.04. The molecule has 1 aliphatic carbocycles. The summed E-state index contributed by atoms with van der Waals surface area (Å²) in [4.78, 5) is 15.4. The summed E-state index contributed by atoms with van der Waals surface area (Å²) >= 11 is 0. The molecule has 9 heteroatoms. The second-order valence-corrected chi connectivity index (χ2v) is 5.91. The van der Waals surface area contributed by atoms with E-state index in [-0.39, 0.29) is 43.8 Å². The zero-order valence-electron chi connectivity index (χ0n) is 12.6. The van der Waals surface area contributed by atoms with Crippen molar-refractivity contribution in [2.75, 3.05) is 26.2 Å². The minimum atomic E-state index is -4.22. The molecule has 0 aromatic carbocycles. The smallest absolute Gasteiger partial charge is 0.339 e. The van der Waals surface area contributed by atoms with E-state index in [4.69, 9.17) is 5.73 Å². The van der Waals surface area contributed by atoms with Crippen molar-refractivity contribution in [1.82, 2.24) is 9.80 Å².